The van der Waals surface area contributed by atoms with Gasteiger partial charge in [0.15, 0.2) is 11.5 Å². The van der Waals surface area contributed by atoms with Crippen LogP contribution in [-0.4, -0.2) is 22.8 Å². The molecule has 114 valence electrons. The Morgan fingerprint density at radius 1 is 1.24 bits per heavy atom. The number of aromatic nitrogens is 2. The molecule has 0 fully saturated rings. The monoisotopic (exact) mass is 289 g/mol. The van der Waals surface area contributed by atoms with Gasteiger partial charge in [0.25, 0.3) is 0 Å². The summed E-state index contributed by atoms with van der Waals surface area (Å²) in [7, 11) is 0. The third kappa shape index (κ3) is 2.70. The van der Waals surface area contributed by atoms with Crippen molar-refractivity contribution in [1.29, 1.82) is 0 Å². The van der Waals surface area contributed by atoms with E-state index in [1.165, 1.54) is 12.8 Å². The molecule has 3 rings (SSSR count). The lowest BCUT2D eigenvalue weighted by Gasteiger charge is -2.18. The molecule has 1 aromatic heterocycles. The summed E-state index contributed by atoms with van der Waals surface area (Å²) in [6, 6.07) is 3.92. The van der Waals surface area contributed by atoms with Gasteiger partial charge in [0, 0.05) is 18.7 Å². The molecule has 2 heterocycles. The molecule has 0 saturated heterocycles. The number of rotatable bonds is 5. The number of unbranched alkanes of at least 4 members (excludes halogenated alkanes) is 2. The Morgan fingerprint density at radius 3 is 2.62 bits per heavy atom. The number of ether oxygens (including phenoxy) is 2. The van der Waals surface area contributed by atoms with Crippen molar-refractivity contribution in [2.24, 2.45) is 5.73 Å². The van der Waals surface area contributed by atoms with Crippen LogP contribution >= 0.6 is 0 Å². The summed E-state index contributed by atoms with van der Waals surface area (Å²) in [4.78, 5) is 4.70. The van der Waals surface area contributed by atoms with E-state index < -0.39 is 0 Å². The zero-order chi connectivity index (χ0) is 14.8. The van der Waals surface area contributed by atoms with Crippen molar-refractivity contribution in [2.75, 3.05) is 13.2 Å². The molecule has 0 radical (unpaired) electrons. The molecule has 0 spiro atoms. The minimum absolute atomic E-state index is 0.0853. The number of imidazole rings is 1. The lowest BCUT2D eigenvalue weighted by atomic mass is 10.2. The van der Waals surface area contributed by atoms with Gasteiger partial charge in [-0.2, -0.15) is 0 Å². The highest BCUT2D eigenvalue weighted by atomic mass is 16.6. The van der Waals surface area contributed by atoms with Crippen LogP contribution in [0, 0.1) is 0 Å². The number of hydrogen-bond donors (Lipinski definition) is 1. The third-order valence-electron chi connectivity index (χ3n) is 3.83. The van der Waals surface area contributed by atoms with Crippen molar-refractivity contribution < 1.29 is 9.47 Å². The molecule has 1 atom stereocenters. The second kappa shape index (κ2) is 5.93. The van der Waals surface area contributed by atoms with Gasteiger partial charge in [0.1, 0.15) is 19.0 Å². The first-order valence-electron chi connectivity index (χ1n) is 7.76. The van der Waals surface area contributed by atoms with Crippen LogP contribution in [0.25, 0.3) is 11.0 Å². The first-order chi connectivity index (χ1) is 10.2. The van der Waals surface area contributed by atoms with Gasteiger partial charge in [-0.25, -0.2) is 4.98 Å². The maximum absolute atomic E-state index is 6.09. The molecular formula is C16H23N3O2. The lowest BCUT2D eigenvalue weighted by Crippen LogP contribution is -2.15. The fourth-order valence-corrected chi connectivity index (χ4v) is 2.78. The SMILES string of the molecule is CCCCCn1c(C(C)N)nc2cc3c(cc21)OCCO3. The predicted molar refractivity (Wildman–Crippen MR) is 82.9 cm³/mol. The fraction of sp³-hybridized carbons (Fsp3) is 0.562. The Labute approximate surface area is 125 Å². The van der Waals surface area contributed by atoms with E-state index in [1.54, 1.807) is 0 Å². The largest absolute Gasteiger partial charge is 0.486 e. The predicted octanol–water partition coefficient (Wildman–Crippen LogP) is 3.02. The molecule has 5 heteroatoms. The molecule has 0 bridgehead atoms. The normalized spacial score (nSPS) is 15.4. The quantitative estimate of drug-likeness (QED) is 0.859. The summed E-state index contributed by atoms with van der Waals surface area (Å²) in [5.41, 5.74) is 8.11. The van der Waals surface area contributed by atoms with E-state index in [0.29, 0.717) is 13.2 Å². The first-order valence-corrected chi connectivity index (χ1v) is 7.76. The van der Waals surface area contributed by atoms with Crippen LogP contribution in [0.1, 0.15) is 45.0 Å². The molecular weight excluding hydrogens is 266 g/mol. The van der Waals surface area contributed by atoms with E-state index in [-0.39, 0.29) is 6.04 Å². The van der Waals surface area contributed by atoms with E-state index in [2.05, 4.69) is 11.5 Å². The maximum atomic E-state index is 6.09. The molecule has 2 N–H and O–H groups in total. The molecule has 1 aromatic carbocycles. The summed E-state index contributed by atoms with van der Waals surface area (Å²) in [6.45, 7) is 6.32. The first kappa shape index (κ1) is 14.2. The zero-order valence-corrected chi connectivity index (χ0v) is 12.8. The Hall–Kier alpha value is -1.75. The van der Waals surface area contributed by atoms with Gasteiger partial charge in [0.2, 0.25) is 0 Å². The molecule has 5 nitrogen and oxygen atoms in total. The number of hydrogen-bond acceptors (Lipinski definition) is 4. The van der Waals surface area contributed by atoms with E-state index in [0.717, 1.165) is 41.3 Å². The molecule has 21 heavy (non-hydrogen) atoms. The van der Waals surface area contributed by atoms with Crippen molar-refractivity contribution in [3.05, 3.63) is 18.0 Å². The van der Waals surface area contributed by atoms with Crippen LogP contribution < -0.4 is 15.2 Å². The van der Waals surface area contributed by atoms with Crippen molar-refractivity contribution >= 4 is 11.0 Å². The van der Waals surface area contributed by atoms with Gasteiger partial charge in [0.05, 0.1) is 17.1 Å². The number of fused-ring (bicyclic) bond motifs is 2. The van der Waals surface area contributed by atoms with Gasteiger partial charge < -0.3 is 19.8 Å². The smallest absolute Gasteiger partial charge is 0.163 e. The summed E-state index contributed by atoms with van der Waals surface area (Å²) < 4.78 is 13.5. The van der Waals surface area contributed by atoms with Gasteiger partial charge in [-0.1, -0.05) is 19.8 Å². The van der Waals surface area contributed by atoms with E-state index in [1.807, 2.05) is 19.1 Å². The summed E-state index contributed by atoms with van der Waals surface area (Å²) in [5, 5.41) is 0. The average Bonchev–Trinajstić information content (AvgIpc) is 2.83. The van der Waals surface area contributed by atoms with Crippen molar-refractivity contribution in [1.82, 2.24) is 9.55 Å². The number of benzene rings is 1. The Bertz CT molecular complexity index is 634. The van der Waals surface area contributed by atoms with Gasteiger partial charge in [-0.15, -0.1) is 0 Å². The number of nitrogens with zero attached hydrogens (tertiary/aromatic N) is 2. The molecule has 0 saturated carbocycles. The molecule has 0 aliphatic carbocycles. The van der Waals surface area contributed by atoms with Crippen LogP contribution in [0.15, 0.2) is 12.1 Å². The number of nitrogens with two attached hydrogens (primary N) is 1. The summed E-state index contributed by atoms with van der Waals surface area (Å²) in [5.74, 6) is 2.52. The van der Waals surface area contributed by atoms with Crippen LogP contribution in [0.3, 0.4) is 0 Å². The standard InChI is InChI=1S/C16H23N3O2/c1-3-4-5-6-19-13-10-15-14(20-7-8-21-15)9-12(13)18-16(19)11(2)17/h9-11H,3-8,17H2,1-2H3. The molecule has 0 amide bonds. The topological polar surface area (TPSA) is 62.3 Å². The van der Waals surface area contributed by atoms with E-state index >= 15 is 0 Å². The van der Waals surface area contributed by atoms with Crippen molar-refractivity contribution in [3.8, 4) is 11.5 Å². The van der Waals surface area contributed by atoms with Crippen molar-refractivity contribution in [2.45, 2.75) is 45.7 Å². The zero-order valence-electron chi connectivity index (χ0n) is 12.8. The highest BCUT2D eigenvalue weighted by molar-refractivity contribution is 5.81. The van der Waals surface area contributed by atoms with Crippen LogP contribution in [0.4, 0.5) is 0 Å². The third-order valence-corrected chi connectivity index (χ3v) is 3.83. The Morgan fingerprint density at radius 2 is 1.95 bits per heavy atom. The fourth-order valence-electron chi connectivity index (χ4n) is 2.78. The Kier molecular flexibility index (Phi) is 4.01. The minimum Gasteiger partial charge on any atom is -0.486 e. The molecule has 2 aromatic rings. The van der Waals surface area contributed by atoms with Crippen LogP contribution in [0.5, 0.6) is 11.5 Å². The van der Waals surface area contributed by atoms with Gasteiger partial charge in [-0.05, 0) is 13.3 Å². The minimum atomic E-state index is -0.0853. The average molecular weight is 289 g/mol. The molecule has 1 aliphatic rings. The second-order valence-electron chi connectivity index (χ2n) is 5.60. The Balaban J connectivity index is 2.05. The lowest BCUT2D eigenvalue weighted by molar-refractivity contribution is 0.172. The summed E-state index contributed by atoms with van der Waals surface area (Å²) in [6.07, 6.45) is 3.55. The van der Waals surface area contributed by atoms with Crippen molar-refractivity contribution in [3.63, 3.8) is 0 Å². The number of aryl methyl sites for hydroxylation is 1. The highest BCUT2D eigenvalue weighted by Gasteiger charge is 2.19. The van der Waals surface area contributed by atoms with Gasteiger partial charge >= 0.3 is 0 Å². The maximum Gasteiger partial charge on any atom is 0.163 e. The van der Waals surface area contributed by atoms with Crippen LogP contribution in [-0.2, 0) is 6.54 Å². The summed E-state index contributed by atoms with van der Waals surface area (Å²) >= 11 is 0. The van der Waals surface area contributed by atoms with Crippen LogP contribution in [0.2, 0.25) is 0 Å². The highest BCUT2D eigenvalue weighted by Crippen LogP contribution is 2.35. The molecule has 1 aliphatic heterocycles. The van der Waals surface area contributed by atoms with E-state index in [4.69, 9.17) is 20.2 Å². The van der Waals surface area contributed by atoms with E-state index in [9.17, 15) is 0 Å². The van der Waals surface area contributed by atoms with Gasteiger partial charge in [-0.3, -0.25) is 0 Å². The molecule has 1 unspecified atom stereocenters. The second-order valence-corrected chi connectivity index (χ2v) is 5.60.